The lowest BCUT2D eigenvalue weighted by Gasteiger charge is -2.33. The van der Waals surface area contributed by atoms with E-state index in [2.05, 4.69) is 25.3 Å². The van der Waals surface area contributed by atoms with Gasteiger partial charge in [-0.05, 0) is 37.1 Å². The van der Waals surface area contributed by atoms with Crippen molar-refractivity contribution >= 4 is 23.2 Å². The third-order valence-corrected chi connectivity index (χ3v) is 5.91. The van der Waals surface area contributed by atoms with Gasteiger partial charge in [-0.1, -0.05) is 47.1 Å². The number of anilines is 1. The molecular weight excluding hydrogens is 414 g/mol. The normalized spacial score (nSPS) is 15.2. The van der Waals surface area contributed by atoms with E-state index >= 15 is 0 Å². The molecule has 7 nitrogen and oxygen atoms in total. The Kier molecular flexibility index (Phi) is 6.65. The summed E-state index contributed by atoms with van der Waals surface area (Å²) in [6.07, 6.45) is 0. The van der Waals surface area contributed by atoms with Crippen LogP contribution >= 0.6 is 11.6 Å². The number of benzene rings is 2. The second kappa shape index (κ2) is 9.60. The number of carbonyl (C=O) groups excluding carboxylic acids is 1. The Morgan fingerprint density at radius 1 is 1.06 bits per heavy atom. The minimum absolute atomic E-state index is 0.0341. The number of aryl methyl sites for hydroxylation is 2. The van der Waals surface area contributed by atoms with Crippen LogP contribution in [0.25, 0.3) is 11.4 Å². The average Bonchev–Trinajstić information content (AvgIpc) is 3.21. The molecule has 162 valence electrons. The largest absolute Gasteiger partial charge is 0.338 e. The molecular formula is C23H26ClN5O2. The molecule has 0 radical (unpaired) electrons. The van der Waals surface area contributed by atoms with Gasteiger partial charge in [0.05, 0.1) is 13.1 Å². The van der Waals surface area contributed by atoms with Crippen molar-refractivity contribution in [1.82, 2.24) is 19.9 Å². The zero-order valence-corrected chi connectivity index (χ0v) is 18.5. The van der Waals surface area contributed by atoms with E-state index in [9.17, 15) is 4.79 Å². The first-order chi connectivity index (χ1) is 15.0. The molecule has 1 amide bonds. The van der Waals surface area contributed by atoms with Crippen LogP contribution in [0.3, 0.4) is 0 Å². The van der Waals surface area contributed by atoms with Crippen LogP contribution in [-0.4, -0.2) is 58.6 Å². The molecule has 8 heteroatoms. The predicted octanol–water partition coefficient (Wildman–Crippen LogP) is 3.76. The van der Waals surface area contributed by atoms with Gasteiger partial charge in [0.25, 0.3) is 0 Å². The highest BCUT2D eigenvalue weighted by Crippen LogP contribution is 2.21. The van der Waals surface area contributed by atoms with Crippen LogP contribution < -0.4 is 5.32 Å². The zero-order chi connectivity index (χ0) is 21.8. The first kappa shape index (κ1) is 21.5. The Bertz CT molecular complexity index is 1060. The van der Waals surface area contributed by atoms with E-state index in [0.717, 1.165) is 48.6 Å². The van der Waals surface area contributed by atoms with E-state index in [0.29, 0.717) is 29.8 Å². The number of aromatic nitrogens is 2. The van der Waals surface area contributed by atoms with Gasteiger partial charge in [-0.15, -0.1) is 0 Å². The Labute approximate surface area is 187 Å². The first-order valence-electron chi connectivity index (χ1n) is 10.4. The summed E-state index contributed by atoms with van der Waals surface area (Å²) in [6.45, 7) is 8.23. The van der Waals surface area contributed by atoms with Crippen LogP contribution in [0.4, 0.5) is 5.69 Å². The lowest BCUT2D eigenvalue weighted by molar-refractivity contribution is -0.117. The van der Waals surface area contributed by atoms with Crippen LogP contribution in [0, 0.1) is 13.8 Å². The SMILES string of the molecule is Cc1ccc(NC(=O)CN2CCN(Cc3nc(-c4ccccc4C)no3)CC2)cc1Cl. The van der Waals surface area contributed by atoms with Crippen molar-refractivity contribution < 1.29 is 9.32 Å². The molecule has 31 heavy (non-hydrogen) atoms. The lowest BCUT2D eigenvalue weighted by atomic mass is 10.1. The van der Waals surface area contributed by atoms with Gasteiger partial charge >= 0.3 is 0 Å². The second-order valence-corrected chi connectivity index (χ2v) is 8.30. The number of nitrogens with zero attached hydrogens (tertiary/aromatic N) is 4. The van der Waals surface area contributed by atoms with Gasteiger partial charge < -0.3 is 9.84 Å². The van der Waals surface area contributed by atoms with E-state index in [1.165, 1.54) is 0 Å². The molecule has 2 aromatic carbocycles. The average molecular weight is 440 g/mol. The first-order valence-corrected chi connectivity index (χ1v) is 10.7. The molecule has 1 fully saturated rings. The number of rotatable bonds is 6. The van der Waals surface area contributed by atoms with Crippen molar-refractivity contribution in [3.8, 4) is 11.4 Å². The van der Waals surface area contributed by atoms with E-state index in [-0.39, 0.29) is 5.91 Å². The van der Waals surface area contributed by atoms with Gasteiger partial charge in [0, 0.05) is 42.5 Å². The molecule has 0 bridgehead atoms. The van der Waals surface area contributed by atoms with Crippen LogP contribution in [0.5, 0.6) is 0 Å². The van der Waals surface area contributed by atoms with Crippen LogP contribution in [0.15, 0.2) is 47.0 Å². The standard InChI is InChI=1S/C23H26ClN5O2/c1-16-5-3-4-6-19(16)23-26-22(31-27-23)15-29-11-9-28(10-12-29)14-21(30)25-18-8-7-17(2)20(24)13-18/h3-8,13H,9-12,14-15H2,1-2H3,(H,25,30). The molecule has 1 saturated heterocycles. The van der Waals surface area contributed by atoms with Crippen LogP contribution in [-0.2, 0) is 11.3 Å². The Morgan fingerprint density at radius 3 is 2.55 bits per heavy atom. The molecule has 4 rings (SSSR count). The summed E-state index contributed by atoms with van der Waals surface area (Å²) < 4.78 is 5.46. The Hall–Kier alpha value is -2.74. The number of hydrogen-bond donors (Lipinski definition) is 1. The fourth-order valence-corrected chi connectivity index (χ4v) is 3.80. The fraction of sp³-hybridized carbons (Fsp3) is 0.348. The summed E-state index contributed by atoms with van der Waals surface area (Å²) >= 11 is 6.13. The predicted molar refractivity (Wildman–Crippen MR) is 121 cm³/mol. The quantitative estimate of drug-likeness (QED) is 0.630. The second-order valence-electron chi connectivity index (χ2n) is 7.89. The van der Waals surface area contributed by atoms with Crippen molar-refractivity contribution in [3.63, 3.8) is 0 Å². The highest BCUT2D eigenvalue weighted by molar-refractivity contribution is 6.31. The summed E-state index contributed by atoms with van der Waals surface area (Å²) in [5.41, 5.74) is 3.82. The third kappa shape index (κ3) is 5.50. The van der Waals surface area contributed by atoms with Gasteiger partial charge in [0.15, 0.2) is 0 Å². The van der Waals surface area contributed by atoms with Crippen molar-refractivity contribution in [3.05, 3.63) is 64.5 Å². The van der Waals surface area contributed by atoms with Gasteiger partial charge in [0.1, 0.15) is 0 Å². The summed E-state index contributed by atoms with van der Waals surface area (Å²) in [6, 6.07) is 13.6. The lowest BCUT2D eigenvalue weighted by Crippen LogP contribution is -2.48. The molecule has 1 aromatic heterocycles. The van der Waals surface area contributed by atoms with E-state index in [1.54, 1.807) is 6.07 Å². The molecule has 0 aliphatic carbocycles. The number of halogens is 1. The van der Waals surface area contributed by atoms with Gasteiger partial charge in [-0.25, -0.2) is 0 Å². The number of piperazine rings is 1. The van der Waals surface area contributed by atoms with Crippen molar-refractivity contribution in [2.45, 2.75) is 20.4 Å². The molecule has 0 unspecified atom stereocenters. The summed E-state index contributed by atoms with van der Waals surface area (Å²) in [7, 11) is 0. The monoisotopic (exact) mass is 439 g/mol. The maximum atomic E-state index is 12.4. The Balaban J connectivity index is 1.25. The smallest absolute Gasteiger partial charge is 0.241 e. The van der Waals surface area contributed by atoms with Gasteiger partial charge in [-0.2, -0.15) is 4.98 Å². The highest BCUT2D eigenvalue weighted by Gasteiger charge is 2.21. The van der Waals surface area contributed by atoms with Gasteiger partial charge in [0.2, 0.25) is 17.6 Å². The van der Waals surface area contributed by atoms with Crippen molar-refractivity contribution in [1.29, 1.82) is 0 Å². The van der Waals surface area contributed by atoms with Crippen LogP contribution in [0.1, 0.15) is 17.0 Å². The molecule has 3 aromatic rings. The molecule has 0 spiro atoms. The molecule has 0 atom stereocenters. The molecule has 1 aliphatic rings. The number of amides is 1. The molecule has 2 heterocycles. The topological polar surface area (TPSA) is 74.5 Å². The molecule has 0 saturated carbocycles. The number of carbonyl (C=O) groups is 1. The minimum atomic E-state index is -0.0341. The van der Waals surface area contributed by atoms with Crippen molar-refractivity contribution in [2.75, 3.05) is 38.0 Å². The Morgan fingerprint density at radius 2 is 1.81 bits per heavy atom. The van der Waals surface area contributed by atoms with Gasteiger partial charge in [-0.3, -0.25) is 14.6 Å². The molecule has 1 N–H and O–H groups in total. The maximum Gasteiger partial charge on any atom is 0.241 e. The highest BCUT2D eigenvalue weighted by atomic mass is 35.5. The zero-order valence-electron chi connectivity index (χ0n) is 17.8. The summed E-state index contributed by atoms with van der Waals surface area (Å²) in [5.74, 6) is 1.20. The number of hydrogen-bond acceptors (Lipinski definition) is 6. The van der Waals surface area contributed by atoms with E-state index < -0.39 is 0 Å². The number of nitrogens with one attached hydrogen (secondary N) is 1. The van der Waals surface area contributed by atoms with Crippen molar-refractivity contribution in [2.24, 2.45) is 0 Å². The summed E-state index contributed by atoms with van der Waals surface area (Å²) in [5, 5.41) is 7.70. The van der Waals surface area contributed by atoms with Crippen LogP contribution in [0.2, 0.25) is 5.02 Å². The molecule has 1 aliphatic heterocycles. The third-order valence-electron chi connectivity index (χ3n) is 5.50. The maximum absolute atomic E-state index is 12.4. The van der Waals surface area contributed by atoms with E-state index in [4.69, 9.17) is 16.1 Å². The fourth-order valence-electron chi connectivity index (χ4n) is 3.62. The summed E-state index contributed by atoms with van der Waals surface area (Å²) in [4.78, 5) is 21.3. The van der Waals surface area contributed by atoms with E-state index in [1.807, 2.05) is 50.2 Å². The minimum Gasteiger partial charge on any atom is -0.338 e.